The van der Waals surface area contributed by atoms with E-state index in [1.807, 2.05) is 13.0 Å². The number of hydrogen-bond donors (Lipinski definition) is 1. The molecule has 4 aromatic rings. The summed E-state index contributed by atoms with van der Waals surface area (Å²) in [5.74, 6) is 0.0508. The van der Waals surface area contributed by atoms with Crippen molar-refractivity contribution < 1.29 is 18.7 Å². The zero-order valence-corrected chi connectivity index (χ0v) is 22.1. The van der Waals surface area contributed by atoms with Gasteiger partial charge in [0.15, 0.2) is 18.1 Å². The second kappa shape index (κ2) is 11.5. The normalized spacial score (nSPS) is 11.2. The molecule has 1 heterocycles. The summed E-state index contributed by atoms with van der Waals surface area (Å²) >= 11 is 9.64. The molecule has 0 aliphatic heterocycles. The van der Waals surface area contributed by atoms with Crippen molar-refractivity contribution in [2.45, 2.75) is 13.3 Å². The topological polar surface area (TPSA) is 94.8 Å². The van der Waals surface area contributed by atoms with Gasteiger partial charge in [0.05, 0.1) is 24.2 Å². The molecule has 37 heavy (non-hydrogen) atoms. The summed E-state index contributed by atoms with van der Waals surface area (Å²) in [6.45, 7) is 1.50. The molecular formula is C26H21BrClFN4O4. The number of rotatable bonds is 8. The molecule has 4 rings (SSSR count). The third kappa shape index (κ3) is 6.15. The van der Waals surface area contributed by atoms with E-state index in [0.717, 1.165) is 4.47 Å². The van der Waals surface area contributed by atoms with Gasteiger partial charge in [0.1, 0.15) is 11.6 Å². The van der Waals surface area contributed by atoms with Crippen molar-refractivity contribution in [3.8, 4) is 11.5 Å². The van der Waals surface area contributed by atoms with Gasteiger partial charge in [-0.1, -0.05) is 34.5 Å². The van der Waals surface area contributed by atoms with Gasteiger partial charge in [0, 0.05) is 33.2 Å². The van der Waals surface area contributed by atoms with E-state index in [4.69, 9.17) is 21.1 Å². The standard InChI is InChI=1S/C26H21BrClFN4O4/c1-3-23-32-21-9-4-16(27)11-20(21)26(35)33(23)30-13-15-10-17(28)12-22(36-2)25(15)37-14-24(34)31-19-7-5-18(29)6-8-19/h4-13H,3,14H2,1-2H3,(H,31,34). The first-order valence-corrected chi connectivity index (χ1v) is 12.3. The van der Waals surface area contributed by atoms with Crippen molar-refractivity contribution in [3.63, 3.8) is 0 Å². The van der Waals surface area contributed by atoms with E-state index in [1.165, 1.54) is 48.3 Å². The fraction of sp³-hybridized carbons (Fsp3) is 0.154. The third-order valence-corrected chi connectivity index (χ3v) is 5.96. The Morgan fingerprint density at radius 3 is 2.68 bits per heavy atom. The molecule has 0 atom stereocenters. The van der Waals surface area contributed by atoms with Gasteiger partial charge in [-0.3, -0.25) is 9.59 Å². The Labute approximate surface area is 224 Å². The molecule has 0 saturated heterocycles. The molecule has 3 aromatic carbocycles. The summed E-state index contributed by atoms with van der Waals surface area (Å²) in [4.78, 5) is 30.2. The predicted octanol–water partition coefficient (Wildman–Crippen LogP) is 5.42. The number of nitrogens with one attached hydrogen (secondary N) is 1. The van der Waals surface area contributed by atoms with Crippen LogP contribution in [0.2, 0.25) is 5.02 Å². The first-order valence-electron chi connectivity index (χ1n) is 11.1. The number of halogens is 3. The van der Waals surface area contributed by atoms with Crippen molar-refractivity contribution >= 4 is 56.2 Å². The van der Waals surface area contributed by atoms with Crippen LogP contribution in [0.4, 0.5) is 10.1 Å². The number of aryl methyl sites for hydroxylation is 1. The lowest BCUT2D eigenvalue weighted by atomic mass is 10.2. The van der Waals surface area contributed by atoms with Crippen molar-refractivity contribution in [1.29, 1.82) is 0 Å². The van der Waals surface area contributed by atoms with Crippen molar-refractivity contribution in [1.82, 2.24) is 9.66 Å². The summed E-state index contributed by atoms with van der Waals surface area (Å²) < 4.78 is 26.2. The minimum Gasteiger partial charge on any atom is -0.493 e. The lowest BCUT2D eigenvalue weighted by Crippen LogP contribution is -2.22. The largest absolute Gasteiger partial charge is 0.493 e. The minimum absolute atomic E-state index is 0.201. The Hall–Kier alpha value is -3.76. The van der Waals surface area contributed by atoms with Gasteiger partial charge in [-0.2, -0.15) is 9.78 Å². The number of benzene rings is 3. The van der Waals surface area contributed by atoms with E-state index in [-0.39, 0.29) is 23.7 Å². The smallest absolute Gasteiger partial charge is 0.282 e. The highest BCUT2D eigenvalue weighted by Crippen LogP contribution is 2.34. The summed E-state index contributed by atoms with van der Waals surface area (Å²) in [6, 6.07) is 13.7. The summed E-state index contributed by atoms with van der Waals surface area (Å²) in [6.07, 6.45) is 1.86. The molecule has 0 spiro atoms. The van der Waals surface area contributed by atoms with Crippen LogP contribution in [0.5, 0.6) is 11.5 Å². The number of fused-ring (bicyclic) bond motifs is 1. The molecule has 0 unspecified atom stereocenters. The number of methoxy groups -OCH3 is 1. The van der Waals surface area contributed by atoms with Crippen LogP contribution >= 0.6 is 27.5 Å². The van der Waals surface area contributed by atoms with Crippen molar-refractivity contribution in [2.75, 3.05) is 19.0 Å². The summed E-state index contributed by atoms with van der Waals surface area (Å²) in [5, 5.41) is 7.74. The molecule has 1 aromatic heterocycles. The molecule has 1 amide bonds. The SMILES string of the molecule is CCc1nc2ccc(Br)cc2c(=O)n1N=Cc1cc(Cl)cc(OC)c1OCC(=O)Nc1ccc(F)cc1. The number of ether oxygens (including phenoxy) is 2. The van der Waals surface area contributed by atoms with Crippen LogP contribution in [0.15, 0.2) is 69.0 Å². The molecule has 190 valence electrons. The zero-order valence-electron chi connectivity index (χ0n) is 19.8. The van der Waals surface area contributed by atoms with Crippen LogP contribution in [-0.2, 0) is 11.2 Å². The predicted molar refractivity (Wildman–Crippen MR) is 145 cm³/mol. The van der Waals surface area contributed by atoms with Gasteiger partial charge >= 0.3 is 0 Å². The first-order chi connectivity index (χ1) is 17.8. The molecule has 11 heteroatoms. The third-order valence-electron chi connectivity index (χ3n) is 5.25. The van der Waals surface area contributed by atoms with E-state index in [2.05, 4.69) is 31.3 Å². The molecule has 1 N–H and O–H groups in total. The Bertz CT molecular complexity index is 1560. The Morgan fingerprint density at radius 1 is 1.22 bits per heavy atom. The van der Waals surface area contributed by atoms with Gasteiger partial charge in [0.25, 0.3) is 11.5 Å². The number of nitrogens with zero attached hydrogens (tertiary/aromatic N) is 3. The summed E-state index contributed by atoms with van der Waals surface area (Å²) in [5.41, 5.74) is 1.02. The minimum atomic E-state index is -0.472. The first kappa shape index (κ1) is 26.3. The fourth-order valence-electron chi connectivity index (χ4n) is 3.52. The number of amides is 1. The van der Waals surface area contributed by atoms with Crippen molar-refractivity contribution in [2.24, 2.45) is 5.10 Å². The second-order valence-electron chi connectivity index (χ2n) is 7.77. The van der Waals surface area contributed by atoms with Gasteiger partial charge in [0.2, 0.25) is 0 Å². The Balaban J connectivity index is 1.66. The van der Waals surface area contributed by atoms with E-state index >= 15 is 0 Å². The van der Waals surface area contributed by atoms with Gasteiger partial charge < -0.3 is 14.8 Å². The lowest BCUT2D eigenvalue weighted by Gasteiger charge is -2.14. The van der Waals surface area contributed by atoms with E-state index in [0.29, 0.717) is 39.4 Å². The van der Waals surface area contributed by atoms with Gasteiger partial charge in [-0.25, -0.2) is 9.37 Å². The highest BCUT2D eigenvalue weighted by molar-refractivity contribution is 9.10. The average Bonchev–Trinajstić information content (AvgIpc) is 2.88. The van der Waals surface area contributed by atoms with Crippen LogP contribution < -0.4 is 20.3 Å². The maximum absolute atomic E-state index is 13.2. The number of aromatic nitrogens is 2. The molecule has 0 aliphatic carbocycles. The highest BCUT2D eigenvalue weighted by atomic mass is 79.9. The van der Waals surface area contributed by atoms with Crippen LogP contribution in [0.3, 0.4) is 0 Å². The number of anilines is 1. The number of carbonyl (C=O) groups excluding carboxylic acids is 1. The van der Waals surface area contributed by atoms with Crippen LogP contribution in [0.1, 0.15) is 18.3 Å². The molecule has 0 fully saturated rings. The van der Waals surface area contributed by atoms with E-state index in [1.54, 1.807) is 18.2 Å². The average molecular weight is 588 g/mol. The maximum Gasteiger partial charge on any atom is 0.282 e. The van der Waals surface area contributed by atoms with E-state index in [9.17, 15) is 14.0 Å². The maximum atomic E-state index is 13.2. The molecule has 8 nitrogen and oxygen atoms in total. The van der Waals surface area contributed by atoms with Crippen LogP contribution in [0, 0.1) is 5.82 Å². The van der Waals surface area contributed by atoms with Crippen LogP contribution in [-0.4, -0.2) is 35.5 Å². The Kier molecular flexibility index (Phi) is 8.20. The monoisotopic (exact) mass is 586 g/mol. The molecular weight excluding hydrogens is 567 g/mol. The second-order valence-corrected chi connectivity index (χ2v) is 9.13. The van der Waals surface area contributed by atoms with Crippen LogP contribution in [0.25, 0.3) is 10.9 Å². The lowest BCUT2D eigenvalue weighted by molar-refractivity contribution is -0.118. The summed E-state index contributed by atoms with van der Waals surface area (Å²) in [7, 11) is 1.43. The molecule has 0 bridgehead atoms. The molecule has 0 radical (unpaired) electrons. The molecule has 0 saturated carbocycles. The highest BCUT2D eigenvalue weighted by Gasteiger charge is 2.15. The van der Waals surface area contributed by atoms with E-state index < -0.39 is 11.7 Å². The quantitative estimate of drug-likeness (QED) is 0.278. The Morgan fingerprint density at radius 2 is 1.97 bits per heavy atom. The van der Waals surface area contributed by atoms with Gasteiger partial charge in [-0.05, 0) is 48.5 Å². The number of carbonyl (C=O) groups is 1. The van der Waals surface area contributed by atoms with Crippen molar-refractivity contribution in [3.05, 3.63) is 91.7 Å². The number of hydrogen-bond acceptors (Lipinski definition) is 6. The molecule has 0 aliphatic rings. The fourth-order valence-corrected chi connectivity index (χ4v) is 4.10. The zero-order chi connectivity index (χ0) is 26.5. The van der Waals surface area contributed by atoms with Gasteiger partial charge in [-0.15, -0.1) is 0 Å².